The Balaban J connectivity index is 1.72. The first-order chi connectivity index (χ1) is 14.8. The summed E-state index contributed by atoms with van der Waals surface area (Å²) < 4.78 is 5.07. The molecule has 0 saturated carbocycles. The molecule has 6 heteroatoms. The second-order valence-electron chi connectivity index (χ2n) is 8.56. The van der Waals surface area contributed by atoms with E-state index in [1.165, 1.54) is 11.1 Å². The highest BCUT2D eigenvalue weighted by Gasteiger charge is 2.25. The zero-order valence-electron chi connectivity index (χ0n) is 18.9. The third-order valence-corrected chi connectivity index (χ3v) is 5.70. The fourth-order valence-electron chi connectivity index (χ4n) is 3.80. The van der Waals surface area contributed by atoms with Crippen molar-refractivity contribution in [2.75, 3.05) is 38.7 Å². The van der Waals surface area contributed by atoms with E-state index < -0.39 is 0 Å². The Morgan fingerprint density at radius 3 is 2.39 bits per heavy atom. The van der Waals surface area contributed by atoms with Gasteiger partial charge in [0.25, 0.3) is 5.91 Å². The molecule has 1 amide bonds. The van der Waals surface area contributed by atoms with Crippen molar-refractivity contribution in [3.8, 4) is 0 Å². The highest BCUT2D eigenvalue weighted by Crippen LogP contribution is 2.28. The first-order valence-corrected chi connectivity index (χ1v) is 10.9. The molecule has 3 rings (SSSR count). The van der Waals surface area contributed by atoms with E-state index in [1.54, 1.807) is 13.8 Å². The minimum atomic E-state index is -0.362. The average molecular weight is 424 g/mol. The number of benzene rings is 2. The molecule has 1 N–H and O–H groups in total. The summed E-state index contributed by atoms with van der Waals surface area (Å²) in [5.74, 6) is -0.885. The largest absolute Gasteiger partial charge is 0.455 e. The van der Waals surface area contributed by atoms with Gasteiger partial charge in [0.05, 0.1) is 12.0 Å². The van der Waals surface area contributed by atoms with E-state index in [1.807, 2.05) is 14.1 Å². The Labute approximate surface area is 185 Å². The molecule has 0 saturated heterocycles. The maximum Gasteiger partial charge on any atom is 0.308 e. The van der Waals surface area contributed by atoms with E-state index in [4.69, 9.17) is 4.74 Å². The van der Waals surface area contributed by atoms with Crippen LogP contribution in [0.1, 0.15) is 36.6 Å². The Morgan fingerprint density at radius 1 is 1.06 bits per heavy atom. The summed E-state index contributed by atoms with van der Waals surface area (Å²) in [6.45, 7) is 5.49. The predicted octanol–water partition coefficient (Wildman–Crippen LogP) is 3.17. The van der Waals surface area contributed by atoms with Gasteiger partial charge in [0, 0.05) is 39.4 Å². The van der Waals surface area contributed by atoms with Crippen molar-refractivity contribution in [3.63, 3.8) is 0 Å². The maximum atomic E-state index is 12.3. The summed E-state index contributed by atoms with van der Waals surface area (Å²) in [6.07, 6.45) is 0.988. The van der Waals surface area contributed by atoms with Crippen molar-refractivity contribution in [2.45, 2.75) is 32.9 Å². The van der Waals surface area contributed by atoms with E-state index in [0.717, 1.165) is 30.8 Å². The average Bonchev–Trinajstić information content (AvgIpc) is 2.77. The van der Waals surface area contributed by atoms with Gasteiger partial charge < -0.3 is 15.0 Å². The number of nitrogens with one attached hydrogen (secondary N) is 1. The fraction of sp³-hybridized carbons (Fsp3) is 0.440. The van der Waals surface area contributed by atoms with Crippen molar-refractivity contribution >= 4 is 17.6 Å². The summed E-state index contributed by atoms with van der Waals surface area (Å²) in [5, 5.41) is 2.97. The first kappa shape index (κ1) is 22.8. The van der Waals surface area contributed by atoms with Gasteiger partial charge >= 0.3 is 5.97 Å². The SMILES string of the molecule is CC(C)C(=O)OCC(=O)NC[C@H](c1ccc(N(C)C)cc1)N1CCc2ccccc2C1. The molecular formula is C25H33N3O3. The summed E-state index contributed by atoms with van der Waals surface area (Å²) in [5.41, 5.74) is 5.02. The monoisotopic (exact) mass is 423 g/mol. The molecule has 1 aliphatic rings. The Hall–Kier alpha value is -2.86. The topological polar surface area (TPSA) is 61.9 Å². The molecule has 0 unspecified atom stereocenters. The van der Waals surface area contributed by atoms with Crippen LogP contribution in [0.15, 0.2) is 48.5 Å². The summed E-state index contributed by atoms with van der Waals surface area (Å²) >= 11 is 0. The lowest BCUT2D eigenvalue weighted by atomic mass is 9.96. The first-order valence-electron chi connectivity index (χ1n) is 10.9. The number of hydrogen-bond acceptors (Lipinski definition) is 5. The number of amides is 1. The minimum absolute atomic E-state index is 0.0364. The van der Waals surface area contributed by atoms with Crippen molar-refractivity contribution < 1.29 is 14.3 Å². The lowest BCUT2D eigenvalue weighted by molar-refractivity contribution is -0.151. The molecule has 6 nitrogen and oxygen atoms in total. The van der Waals surface area contributed by atoms with E-state index in [2.05, 4.69) is 63.6 Å². The maximum absolute atomic E-state index is 12.3. The van der Waals surface area contributed by atoms with Crippen LogP contribution in [0.2, 0.25) is 0 Å². The number of fused-ring (bicyclic) bond motifs is 1. The summed E-state index contributed by atoms with van der Waals surface area (Å²) in [7, 11) is 4.04. The van der Waals surface area contributed by atoms with Gasteiger partial charge in [-0.3, -0.25) is 14.5 Å². The van der Waals surface area contributed by atoms with E-state index in [9.17, 15) is 9.59 Å². The Kier molecular flexibility index (Phi) is 7.69. The smallest absolute Gasteiger partial charge is 0.308 e. The van der Waals surface area contributed by atoms with Gasteiger partial charge in [-0.2, -0.15) is 0 Å². The number of ether oxygens (including phenoxy) is 1. The number of carbonyl (C=O) groups is 2. The molecule has 31 heavy (non-hydrogen) atoms. The van der Waals surface area contributed by atoms with Gasteiger partial charge in [0.15, 0.2) is 6.61 Å². The van der Waals surface area contributed by atoms with Gasteiger partial charge in [0.1, 0.15) is 0 Å². The van der Waals surface area contributed by atoms with Crippen LogP contribution in [0.3, 0.4) is 0 Å². The molecule has 2 aromatic rings. The second kappa shape index (κ2) is 10.4. The van der Waals surface area contributed by atoms with Crippen molar-refractivity contribution in [1.29, 1.82) is 0 Å². The zero-order chi connectivity index (χ0) is 22.4. The normalized spacial score (nSPS) is 14.6. The predicted molar refractivity (Wildman–Crippen MR) is 123 cm³/mol. The van der Waals surface area contributed by atoms with Crippen molar-refractivity contribution in [3.05, 3.63) is 65.2 Å². The van der Waals surface area contributed by atoms with Crippen LogP contribution in [0.25, 0.3) is 0 Å². The number of carbonyl (C=O) groups excluding carboxylic acids is 2. The van der Waals surface area contributed by atoms with E-state index in [0.29, 0.717) is 6.54 Å². The second-order valence-corrected chi connectivity index (χ2v) is 8.56. The third kappa shape index (κ3) is 6.07. The molecule has 0 aromatic heterocycles. The molecule has 0 spiro atoms. The molecule has 0 aliphatic carbocycles. The quantitative estimate of drug-likeness (QED) is 0.661. The molecule has 1 atom stereocenters. The Morgan fingerprint density at radius 2 is 1.74 bits per heavy atom. The van der Waals surface area contributed by atoms with Crippen molar-refractivity contribution in [2.24, 2.45) is 5.92 Å². The van der Waals surface area contributed by atoms with Crippen LogP contribution in [0.5, 0.6) is 0 Å². The molecular weight excluding hydrogens is 390 g/mol. The van der Waals surface area contributed by atoms with Crippen LogP contribution in [-0.4, -0.2) is 50.6 Å². The third-order valence-electron chi connectivity index (χ3n) is 5.70. The molecule has 0 radical (unpaired) electrons. The number of anilines is 1. The highest BCUT2D eigenvalue weighted by molar-refractivity contribution is 5.81. The lowest BCUT2D eigenvalue weighted by Crippen LogP contribution is -2.41. The van der Waals surface area contributed by atoms with Crippen molar-refractivity contribution in [1.82, 2.24) is 10.2 Å². The fourth-order valence-corrected chi connectivity index (χ4v) is 3.80. The summed E-state index contributed by atoms with van der Waals surface area (Å²) in [6, 6.07) is 17.0. The highest BCUT2D eigenvalue weighted by atomic mass is 16.5. The van der Waals surface area contributed by atoms with Gasteiger partial charge in [-0.25, -0.2) is 0 Å². The number of hydrogen-bond donors (Lipinski definition) is 1. The Bertz CT molecular complexity index is 893. The van der Waals surface area contributed by atoms with Gasteiger partial charge in [-0.05, 0) is 35.2 Å². The van der Waals surface area contributed by atoms with Crippen LogP contribution >= 0.6 is 0 Å². The molecule has 1 aliphatic heterocycles. The van der Waals surface area contributed by atoms with E-state index in [-0.39, 0.29) is 30.4 Å². The molecule has 1 heterocycles. The number of nitrogens with zero attached hydrogens (tertiary/aromatic N) is 2. The molecule has 166 valence electrons. The number of esters is 1. The molecule has 2 aromatic carbocycles. The molecule has 0 fully saturated rings. The number of rotatable bonds is 8. The summed E-state index contributed by atoms with van der Waals surface area (Å²) in [4.78, 5) is 28.4. The van der Waals surface area contributed by atoms with Gasteiger partial charge in [0.2, 0.25) is 0 Å². The van der Waals surface area contributed by atoms with Gasteiger partial charge in [-0.1, -0.05) is 50.2 Å². The van der Waals surface area contributed by atoms with Crippen LogP contribution < -0.4 is 10.2 Å². The van der Waals surface area contributed by atoms with Gasteiger partial charge in [-0.15, -0.1) is 0 Å². The van der Waals surface area contributed by atoms with E-state index >= 15 is 0 Å². The molecule has 0 bridgehead atoms. The minimum Gasteiger partial charge on any atom is -0.455 e. The van der Waals surface area contributed by atoms with Crippen LogP contribution in [0.4, 0.5) is 5.69 Å². The van der Waals surface area contributed by atoms with Crippen LogP contribution in [-0.2, 0) is 27.3 Å². The lowest BCUT2D eigenvalue weighted by Gasteiger charge is -2.36. The zero-order valence-corrected chi connectivity index (χ0v) is 18.9. The standard InChI is InChI=1S/C25H33N3O3/c1-18(2)25(30)31-17-24(29)26-15-23(20-9-11-22(12-10-20)27(3)4)28-14-13-19-7-5-6-8-21(19)16-28/h5-12,18,23H,13-17H2,1-4H3,(H,26,29)/t23-/m1/s1. The van der Waals surface area contributed by atoms with Crippen LogP contribution in [0, 0.1) is 5.92 Å².